The standard InChI is InChI=1S/C16H14ClN3O5/c1-9(21)18-14-6-4-11(25-2)8-15(14)19-16(22)12-5-3-10(20(23)24)7-13(12)17/h3-8H,1-2H3,(H,18,21)(H,19,22). The Kier molecular flexibility index (Phi) is 5.56. The Morgan fingerprint density at radius 2 is 1.84 bits per heavy atom. The predicted octanol–water partition coefficient (Wildman–Crippen LogP) is 3.47. The van der Waals surface area contributed by atoms with E-state index >= 15 is 0 Å². The van der Waals surface area contributed by atoms with E-state index < -0.39 is 10.8 Å². The summed E-state index contributed by atoms with van der Waals surface area (Å²) >= 11 is 5.96. The number of anilines is 2. The van der Waals surface area contributed by atoms with Crippen molar-refractivity contribution in [2.75, 3.05) is 17.7 Å². The zero-order valence-electron chi connectivity index (χ0n) is 13.3. The van der Waals surface area contributed by atoms with E-state index in [4.69, 9.17) is 16.3 Å². The molecule has 0 aromatic heterocycles. The van der Waals surface area contributed by atoms with Crippen LogP contribution in [-0.2, 0) is 4.79 Å². The molecule has 2 rings (SSSR count). The van der Waals surface area contributed by atoms with E-state index in [1.165, 1.54) is 32.2 Å². The highest BCUT2D eigenvalue weighted by Crippen LogP contribution is 2.29. The Labute approximate surface area is 147 Å². The van der Waals surface area contributed by atoms with E-state index in [1.807, 2.05) is 0 Å². The van der Waals surface area contributed by atoms with Gasteiger partial charge in [0.2, 0.25) is 5.91 Å². The minimum atomic E-state index is -0.607. The normalized spacial score (nSPS) is 10.0. The lowest BCUT2D eigenvalue weighted by Gasteiger charge is -2.13. The third kappa shape index (κ3) is 4.45. The monoisotopic (exact) mass is 363 g/mol. The minimum Gasteiger partial charge on any atom is -0.497 e. The molecule has 0 saturated heterocycles. The van der Waals surface area contributed by atoms with Gasteiger partial charge in [-0.2, -0.15) is 0 Å². The molecule has 0 aliphatic heterocycles. The first-order valence-electron chi connectivity index (χ1n) is 7.02. The highest BCUT2D eigenvalue weighted by atomic mass is 35.5. The summed E-state index contributed by atoms with van der Waals surface area (Å²) in [6.07, 6.45) is 0. The Hall–Kier alpha value is -3.13. The van der Waals surface area contributed by atoms with Gasteiger partial charge in [-0.25, -0.2) is 0 Å². The van der Waals surface area contributed by atoms with Gasteiger partial charge in [0, 0.05) is 25.1 Å². The summed E-state index contributed by atoms with van der Waals surface area (Å²) in [5, 5.41) is 15.9. The van der Waals surface area contributed by atoms with Crippen LogP contribution in [0.25, 0.3) is 0 Å². The van der Waals surface area contributed by atoms with E-state index in [0.29, 0.717) is 17.1 Å². The lowest BCUT2D eigenvalue weighted by Crippen LogP contribution is -2.15. The second-order valence-electron chi connectivity index (χ2n) is 4.97. The van der Waals surface area contributed by atoms with Gasteiger partial charge in [-0.05, 0) is 18.2 Å². The number of nitrogens with one attached hydrogen (secondary N) is 2. The molecule has 2 aromatic carbocycles. The number of non-ortho nitro benzene ring substituents is 1. The number of hydrogen-bond donors (Lipinski definition) is 2. The van der Waals surface area contributed by atoms with Crippen LogP contribution in [0.15, 0.2) is 36.4 Å². The first-order valence-corrected chi connectivity index (χ1v) is 7.40. The van der Waals surface area contributed by atoms with Crippen LogP contribution >= 0.6 is 11.6 Å². The number of nitro groups is 1. The summed E-state index contributed by atoms with van der Waals surface area (Å²) in [4.78, 5) is 33.9. The van der Waals surface area contributed by atoms with Crippen molar-refractivity contribution < 1.29 is 19.2 Å². The number of amides is 2. The van der Waals surface area contributed by atoms with Crippen molar-refractivity contribution >= 4 is 40.5 Å². The van der Waals surface area contributed by atoms with Gasteiger partial charge in [0.25, 0.3) is 11.6 Å². The van der Waals surface area contributed by atoms with E-state index in [9.17, 15) is 19.7 Å². The number of nitrogens with zero attached hydrogens (tertiary/aromatic N) is 1. The van der Waals surface area contributed by atoms with Crippen molar-refractivity contribution in [2.24, 2.45) is 0 Å². The van der Waals surface area contributed by atoms with Crippen LogP contribution in [0.5, 0.6) is 5.75 Å². The number of nitro benzene ring substituents is 1. The molecule has 25 heavy (non-hydrogen) atoms. The van der Waals surface area contributed by atoms with Crippen molar-refractivity contribution in [2.45, 2.75) is 6.92 Å². The first-order chi connectivity index (χ1) is 11.8. The van der Waals surface area contributed by atoms with E-state index in [2.05, 4.69) is 10.6 Å². The van der Waals surface area contributed by atoms with Crippen molar-refractivity contribution in [3.05, 3.63) is 57.1 Å². The van der Waals surface area contributed by atoms with E-state index in [0.717, 1.165) is 6.07 Å². The van der Waals surface area contributed by atoms with Gasteiger partial charge in [-0.15, -0.1) is 0 Å². The number of halogens is 1. The van der Waals surface area contributed by atoms with Crippen LogP contribution in [0, 0.1) is 10.1 Å². The molecule has 130 valence electrons. The number of rotatable bonds is 5. The molecule has 0 aliphatic rings. The summed E-state index contributed by atoms with van der Waals surface area (Å²) in [6.45, 7) is 1.34. The van der Waals surface area contributed by atoms with Crippen molar-refractivity contribution in [3.63, 3.8) is 0 Å². The van der Waals surface area contributed by atoms with Gasteiger partial charge >= 0.3 is 0 Å². The average molecular weight is 364 g/mol. The molecule has 0 radical (unpaired) electrons. The van der Waals surface area contributed by atoms with Crippen LogP contribution in [0.1, 0.15) is 17.3 Å². The molecule has 0 heterocycles. The smallest absolute Gasteiger partial charge is 0.270 e. The number of carbonyl (C=O) groups is 2. The van der Waals surface area contributed by atoms with Gasteiger partial charge in [0.1, 0.15) is 5.75 Å². The number of methoxy groups -OCH3 is 1. The molecule has 2 aromatic rings. The molecule has 8 nitrogen and oxygen atoms in total. The topological polar surface area (TPSA) is 111 Å². The van der Waals surface area contributed by atoms with Crippen LogP contribution in [0.3, 0.4) is 0 Å². The maximum atomic E-state index is 12.4. The predicted molar refractivity (Wildman–Crippen MR) is 93.4 cm³/mol. The third-order valence-corrected chi connectivity index (χ3v) is 3.51. The maximum Gasteiger partial charge on any atom is 0.270 e. The third-order valence-electron chi connectivity index (χ3n) is 3.19. The molecule has 0 aliphatic carbocycles. The molecule has 9 heteroatoms. The van der Waals surface area contributed by atoms with Crippen molar-refractivity contribution in [1.82, 2.24) is 0 Å². The van der Waals surface area contributed by atoms with Gasteiger partial charge in [0.15, 0.2) is 0 Å². The summed E-state index contributed by atoms with van der Waals surface area (Å²) in [5.41, 5.74) is 0.513. The highest BCUT2D eigenvalue weighted by Gasteiger charge is 2.17. The van der Waals surface area contributed by atoms with Crippen LogP contribution in [0.2, 0.25) is 5.02 Å². The van der Waals surface area contributed by atoms with Crippen molar-refractivity contribution in [3.8, 4) is 5.75 Å². The molecule has 0 fully saturated rings. The second kappa shape index (κ2) is 7.63. The molecular formula is C16H14ClN3O5. The van der Waals surface area contributed by atoms with Crippen LogP contribution in [0.4, 0.5) is 17.1 Å². The summed E-state index contributed by atoms with van der Waals surface area (Å²) in [7, 11) is 1.46. The van der Waals surface area contributed by atoms with Crippen molar-refractivity contribution in [1.29, 1.82) is 0 Å². The Balaban J connectivity index is 2.33. The molecule has 2 amide bonds. The van der Waals surface area contributed by atoms with Crippen LogP contribution < -0.4 is 15.4 Å². The number of hydrogen-bond acceptors (Lipinski definition) is 5. The largest absolute Gasteiger partial charge is 0.497 e. The molecule has 0 unspecified atom stereocenters. The maximum absolute atomic E-state index is 12.4. The SMILES string of the molecule is COc1ccc(NC(C)=O)c(NC(=O)c2ccc([N+](=O)[O-])cc2Cl)c1. The fourth-order valence-electron chi connectivity index (χ4n) is 2.04. The number of ether oxygens (including phenoxy) is 1. The number of benzene rings is 2. The Morgan fingerprint density at radius 3 is 2.40 bits per heavy atom. The van der Waals surface area contributed by atoms with E-state index in [1.54, 1.807) is 12.1 Å². The van der Waals surface area contributed by atoms with Crippen LogP contribution in [-0.4, -0.2) is 23.8 Å². The fraction of sp³-hybridized carbons (Fsp3) is 0.125. The van der Waals surface area contributed by atoms with Gasteiger partial charge in [-0.3, -0.25) is 19.7 Å². The molecular weight excluding hydrogens is 350 g/mol. The molecule has 0 atom stereocenters. The summed E-state index contributed by atoms with van der Waals surface area (Å²) in [5.74, 6) is -0.423. The van der Waals surface area contributed by atoms with Gasteiger partial charge in [0.05, 0.1) is 34.0 Å². The minimum absolute atomic E-state index is 0.0591. The second-order valence-corrected chi connectivity index (χ2v) is 5.38. The van der Waals surface area contributed by atoms with Gasteiger partial charge < -0.3 is 15.4 Å². The highest BCUT2D eigenvalue weighted by molar-refractivity contribution is 6.34. The zero-order chi connectivity index (χ0) is 18.6. The Morgan fingerprint density at radius 1 is 1.12 bits per heavy atom. The van der Waals surface area contributed by atoms with Gasteiger partial charge in [-0.1, -0.05) is 11.6 Å². The fourth-order valence-corrected chi connectivity index (χ4v) is 2.30. The van der Waals surface area contributed by atoms with E-state index in [-0.39, 0.29) is 22.2 Å². The average Bonchev–Trinajstić information content (AvgIpc) is 2.55. The zero-order valence-corrected chi connectivity index (χ0v) is 14.1. The first kappa shape index (κ1) is 18.2. The quantitative estimate of drug-likeness (QED) is 0.624. The molecule has 2 N–H and O–H groups in total. The Bertz CT molecular complexity index is 854. The molecule has 0 spiro atoms. The lowest BCUT2D eigenvalue weighted by molar-refractivity contribution is -0.384. The molecule has 0 bridgehead atoms. The number of carbonyl (C=O) groups excluding carboxylic acids is 2. The summed E-state index contributed by atoms with van der Waals surface area (Å²) < 4.78 is 5.10. The summed E-state index contributed by atoms with van der Waals surface area (Å²) in [6, 6.07) is 8.27. The molecule has 0 saturated carbocycles. The lowest BCUT2D eigenvalue weighted by atomic mass is 10.1.